The average Bonchev–Trinajstić information content (AvgIpc) is 3.78. The number of carbonyl (C=O) groups is 7. The van der Waals surface area contributed by atoms with Crippen molar-refractivity contribution in [2.45, 2.75) is 95.3 Å². The zero-order valence-corrected chi connectivity index (χ0v) is 33.8. The fourth-order valence-electron chi connectivity index (χ4n) is 8.42. The Morgan fingerprint density at radius 1 is 0.885 bits per heavy atom. The van der Waals surface area contributed by atoms with Crippen molar-refractivity contribution in [1.29, 1.82) is 0 Å². The zero-order valence-electron chi connectivity index (χ0n) is 33.8. The normalized spacial score (nSPS) is 20.2. The number of pyridine rings is 1. The number of piperidine rings is 2. The van der Waals surface area contributed by atoms with Crippen molar-refractivity contribution in [1.82, 2.24) is 50.3 Å². The van der Waals surface area contributed by atoms with Crippen LogP contribution in [0.5, 0.6) is 0 Å². The predicted octanol–water partition coefficient (Wildman–Crippen LogP) is 2.26. The van der Waals surface area contributed by atoms with Crippen LogP contribution in [0.15, 0.2) is 49.1 Å². The largest absolute Gasteiger partial charge is 0.375 e. The van der Waals surface area contributed by atoms with Gasteiger partial charge >= 0.3 is 0 Å². The van der Waals surface area contributed by atoms with Gasteiger partial charge in [-0.1, -0.05) is 18.6 Å². The van der Waals surface area contributed by atoms with E-state index in [0.29, 0.717) is 61.6 Å². The Kier molecular flexibility index (Phi) is 12.0. The van der Waals surface area contributed by atoms with Crippen LogP contribution < -0.4 is 26.6 Å². The number of aryl methyl sites for hydroxylation is 1. The molecule has 6 heterocycles. The highest BCUT2D eigenvalue weighted by Crippen LogP contribution is 2.36. The van der Waals surface area contributed by atoms with Crippen LogP contribution in [0.25, 0.3) is 11.2 Å². The summed E-state index contributed by atoms with van der Waals surface area (Å²) in [5.41, 5.74) is 3.17. The summed E-state index contributed by atoms with van der Waals surface area (Å²) in [5, 5.41) is 14.6. The lowest BCUT2D eigenvalue weighted by Crippen LogP contribution is -2.54. The summed E-state index contributed by atoms with van der Waals surface area (Å²) in [6.45, 7) is 3.41. The molecule has 5 N–H and O–H groups in total. The van der Waals surface area contributed by atoms with Crippen LogP contribution in [-0.4, -0.2) is 120 Å². The fourth-order valence-corrected chi connectivity index (χ4v) is 8.42. The van der Waals surface area contributed by atoms with E-state index in [-0.39, 0.29) is 66.4 Å². The Morgan fingerprint density at radius 2 is 1.69 bits per heavy atom. The number of imidazole rings is 1. The van der Waals surface area contributed by atoms with Gasteiger partial charge in [0.1, 0.15) is 23.6 Å². The molecule has 1 saturated carbocycles. The van der Waals surface area contributed by atoms with Crippen LogP contribution in [-0.2, 0) is 19.2 Å². The van der Waals surface area contributed by atoms with E-state index in [1.807, 2.05) is 24.0 Å². The van der Waals surface area contributed by atoms with Gasteiger partial charge in [-0.15, -0.1) is 0 Å². The maximum atomic E-state index is 13.3. The molecule has 19 heteroatoms. The van der Waals surface area contributed by atoms with Crippen molar-refractivity contribution in [3.63, 3.8) is 0 Å². The molecule has 1 aliphatic carbocycles. The second-order valence-corrected chi connectivity index (χ2v) is 16.0. The Bertz CT molecular complexity index is 2390. The molecule has 1 atom stereocenters. The van der Waals surface area contributed by atoms with E-state index in [2.05, 4.69) is 51.1 Å². The van der Waals surface area contributed by atoms with E-state index in [4.69, 9.17) is 0 Å². The predicted molar refractivity (Wildman–Crippen MR) is 220 cm³/mol. The lowest BCUT2D eigenvalue weighted by atomic mass is 9.86. The van der Waals surface area contributed by atoms with Gasteiger partial charge < -0.3 is 30.7 Å². The van der Waals surface area contributed by atoms with Crippen molar-refractivity contribution in [3.8, 4) is 0 Å². The number of unbranched alkanes of at least 4 members (excludes halogenated alkanes) is 2. The molecule has 3 aromatic heterocycles. The lowest BCUT2D eigenvalue weighted by molar-refractivity contribution is -0.136. The second kappa shape index (κ2) is 17.8. The minimum absolute atomic E-state index is 0.0238. The Morgan fingerprint density at radius 3 is 2.48 bits per heavy atom. The number of nitrogens with one attached hydrogen (secondary N) is 5. The number of benzene rings is 1. The number of hydrogen-bond donors (Lipinski definition) is 5. The van der Waals surface area contributed by atoms with Gasteiger partial charge in [0.25, 0.3) is 17.7 Å². The first-order valence-corrected chi connectivity index (χ1v) is 20.9. The molecule has 61 heavy (non-hydrogen) atoms. The maximum Gasteiger partial charge on any atom is 0.270 e. The van der Waals surface area contributed by atoms with E-state index >= 15 is 0 Å². The number of amides is 7. The molecule has 3 fully saturated rings. The smallest absolute Gasteiger partial charge is 0.270 e. The molecule has 0 bridgehead atoms. The molecule has 3 aliphatic heterocycles. The number of carbonyl (C=O) groups excluding carboxylic acids is 7. The number of likely N-dealkylation sites (tertiary alicyclic amines) is 1. The van der Waals surface area contributed by atoms with Gasteiger partial charge in [-0.3, -0.25) is 43.8 Å². The highest BCUT2D eigenvalue weighted by Gasteiger charge is 2.45. The minimum atomic E-state index is -1.08. The van der Waals surface area contributed by atoms with Crippen LogP contribution >= 0.6 is 0 Å². The molecule has 318 valence electrons. The van der Waals surface area contributed by atoms with Gasteiger partial charge in [0, 0.05) is 62.0 Å². The summed E-state index contributed by atoms with van der Waals surface area (Å²) in [7, 11) is 0. The molecule has 1 aromatic carbocycles. The van der Waals surface area contributed by atoms with Crippen LogP contribution in [0.1, 0.15) is 107 Å². The van der Waals surface area contributed by atoms with Gasteiger partial charge in [0.05, 0.1) is 24.0 Å². The average molecular weight is 833 g/mol. The van der Waals surface area contributed by atoms with E-state index < -0.39 is 29.7 Å². The zero-order chi connectivity index (χ0) is 42.6. The van der Waals surface area contributed by atoms with Gasteiger partial charge in [0.15, 0.2) is 11.5 Å². The quantitative estimate of drug-likeness (QED) is 0.0854. The first-order chi connectivity index (χ1) is 29.5. The summed E-state index contributed by atoms with van der Waals surface area (Å²) < 4.78 is 2.05. The van der Waals surface area contributed by atoms with Crippen LogP contribution in [0.3, 0.4) is 0 Å². The highest BCUT2D eigenvalue weighted by atomic mass is 16.2. The summed E-state index contributed by atoms with van der Waals surface area (Å²) in [6, 6.07) is 9.34. The van der Waals surface area contributed by atoms with Gasteiger partial charge in [-0.05, 0) is 76.1 Å². The Hall–Kier alpha value is -6.79. The van der Waals surface area contributed by atoms with E-state index in [1.165, 1.54) is 12.4 Å². The number of imide groups is 2. The Labute approximate surface area is 350 Å². The molecule has 4 aliphatic rings. The lowest BCUT2D eigenvalue weighted by Gasteiger charge is -2.36. The van der Waals surface area contributed by atoms with Crippen LogP contribution in [0, 0.1) is 6.92 Å². The summed E-state index contributed by atoms with van der Waals surface area (Å²) >= 11 is 0. The molecule has 2 saturated heterocycles. The first-order valence-electron chi connectivity index (χ1n) is 20.9. The third kappa shape index (κ3) is 8.90. The molecule has 0 unspecified atom stereocenters. The molecule has 8 rings (SSSR count). The highest BCUT2D eigenvalue weighted by molar-refractivity contribution is 6.25. The maximum absolute atomic E-state index is 13.3. The number of nitrogens with zero attached hydrogens (tertiary/aromatic N) is 7. The molecule has 7 amide bonds. The van der Waals surface area contributed by atoms with Crippen molar-refractivity contribution in [3.05, 3.63) is 71.6 Å². The van der Waals surface area contributed by atoms with E-state index in [1.54, 1.807) is 24.5 Å². The first kappa shape index (κ1) is 41.0. The molecule has 4 aromatic rings. The van der Waals surface area contributed by atoms with Crippen molar-refractivity contribution >= 4 is 64.0 Å². The van der Waals surface area contributed by atoms with Crippen molar-refractivity contribution < 1.29 is 33.6 Å². The third-order valence-electron chi connectivity index (χ3n) is 11.8. The van der Waals surface area contributed by atoms with Gasteiger partial charge in [-0.2, -0.15) is 0 Å². The summed E-state index contributed by atoms with van der Waals surface area (Å²) in [4.78, 5) is 109. The Balaban J connectivity index is 0.713. The number of rotatable bonds is 15. The van der Waals surface area contributed by atoms with Gasteiger partial charge in [-0.25, -0.2) is 19.9 Å². The number of hydrogen-bond acceptors (Lipinski definition) is 13. The molecule has 19 nitrogen and oxygen atoms in total. The molecular formula is C42H48N12O7. The number of aromatic nitrogens is 5. The SMILES string of the molecule is Cc1cccc(C(=O)NC2CC(n3cnc4c(NC5CCN(C(=O)CCCCCNC(=O)CNc6cccc7c6C(=O)N([C@@H]6CCC(=O)NC6=O)C7=O)CC5)ncnc43)C2)n1. The van der Waals surface area contributed by atoms with Crippen molar-refractivity contribution in [2.24, 2.45) is 0 Å². The topological polar surface area (TPSA) is 243 Å². The number of anilines is 2. The standard InChI is InChI=1S/C42H48N12O7/c1-24-7-5-10-30(48-24)39(58)50-26-19-27(20-26)53-23-47-36-37(45-22-46-38(36)53)49-25-14-17-52(18-15-25)34(57)11-3-2-4-16-43-33(56)21-44-29-9-6-8-28-35(29)42(61)54(41(28)60)31-12-13-32(55)51-40(31)59/h5-10,22-23,25-27,31,44H,2-4,11-21H2,1H3,(H,43,56)(H,50,58)(H,45,46,49)(H,51,55,59)/t26?,27?,31-/m1/s1. The summed E-state index contributed by atoms with van der Waals surface area (Å²) in [5.74, 6) is -2.10. The fraction of sp³-hybridized carbons (Fsp3) is 0.452. The second-order valence-electron chi connectivity index (χ2n) is 16.0. The van der Waals surface area contributed by atoms with E-state index in [0.717, 1.165) is 48.3 Å². The van der Waals surface area contributed by atoms with Crippen LogP contribution in [0.4, 0.5) is 11.5 Å². The van der Waals surface area contributed by atoms with E-state index in [9.17, 15) is 33.6 Å². The minimum Gasteiger partial charge on any atom is -0.375 e. The molecule has 0 spiro atoms. The van der Waals surface area contributed by atoms with Gasteiger partial charge in [0.2, 0.25) is 23.6 Å². The molecule has 0 radical (unpaired) electrons. The third-order valence-corrected chi connectivity index (χ3v) is 11.8. The summed E-state index contributed by atoms with van der Waals surface area (Å²) in [6.07, 6.45) is 9.04. The van der Waals surface area contributed by atoms with Crippen LogP contribution in [0.2, 0.25) is 0 Å². The monoisotopic (exact) mass is 832 g/mol. The molecular weight excluding hydrogens is 785 g/mol. The number of fused-ring (bicyclic) bond motifs is 2. The van der Waals surface area contributed by atoms with Crippen molar-refractivity contribution in [2.75, 3.05) is 36.8 Å².